The molecule has 25 heavy (non-hydrogen) atoms. The lowest BCUT2D eigenvalue weighted by Crippen LogP contribution is -2.43. The first kappa shape index (κ1) is 20.0. The zero-order valence-corrected chi connectivity index (χ0v) is 17.5. The van der Waals surface area contributed by atoms with Gasteiger partial charge in [-0.25, -0.2) is 0 Å². The highest BCUT2D eigenvalue weighted by molar-refractivity contribution is 14.0. The van der Waals surface area contributed by atoms with Crippen LogP contribution in [0.5, 0.6) is 0 Å². The first-order valence-corrected chi connectivity index (χ1v) is 9.03. The van der Waals surface area contributed by atoms with E-state index in [9.17, 15) is 4.79 Å². The highest BCUT2D eigenvalue weighted by Crippen LogP contribution is 2.27. The second-order valence-corrected chi connectivity index (χ2v) is 6.84. The molecule has 6 heteroatoms. The lowest BCUT2D eigenvalue weighted by atomic mass is 10.00. The number of halogens is 1. The second-order valence-electron chi connectivity index (χ2n) is 6.84. The monoisotopic (exact) mass is 456 g/mol. The van der Waals surface area contributed by atoms with Gasteiger partial charge in [0.25, 0.3) is 0 Å². The number of aliphatic imine (C=N–C) groups is 1. The molecule has 5 nitrogen and oxygen atoms in total. The number of benzene rings is 1. The lowest BCUT2D eigenvalue weighted by Gasteiger charge is -2.31. The molecule has 0 aliphatic carbocycles. The van der Waals surface area contributed by atoms with Crippen LogP contribution in [0.25, 0.3) is 0 Å². The summed E-state index contributed by atoms with van der Waals surface area (Å²) in [6.45, 7) is 5.63. The Hall–Kier alpha value is -1.31. The molecule has 2 heterocycles. The Morgan fingerprint density at radius 1 is 1.32 bits per heavy atom. The Morgan fingerprint density at radius 2 is 2.12 bits per heavy atom. The molecule has 0 bridgehead atoms. The fourth-order valence-corrected chi connectivity index (χ4v) is 3.71. The van der Waals surface area contributed by atoms with Gasteiger partial charge < -0.3 is 15.1 Å². The van der Waals surface area contributed by atoms with Crippen molar-refractivity contribution in [3.63, 3.8) is 0 Å². The molecule has 138 valence electrons. The van der Waals surface area contributed by atoms with Crippen LogP contribution in [0.15, 0.2) is 29.3 Å². The summed E-state index contributed by atoms with van der Waals surface area (Å²) in [5.74, 6) is 1.75. The number of para-hydroxylation sites is 1. The van der Waals surface area contributed by atoms with Crippen LogP contribution >= 0.6 is 24.0 Å². The largest absolute Gasteiger partial charge is 0.355 e. The van der Waals surface area contributed by atoms with Gasteiger partial charge in [-0.3, -0.25) is 9.79 Å². The molecule has 1 saturated heterocycles. The normalized spacial score (nSPS) is 20.1. The average molecular weight is 456 g/mol. The molecule has 1 amide bonds. The van der Waals surface area contributed by atoms with E-state index in [1.807, 2.05) is 4.90 Å². The number of amides is 1. The third-order valence-electron chi connectivity index (χ3n) is 4.99. The molecule has 2 aliphatic rings. The van der Waals surface area contributed by atoms with Crippen molar-refractivity contribution < 1.29 is 4.79 Å². The van der Waals surface area contributed by atoms with Gasteiger partial charge >= 0.3 is 0 Å². The van der Waals surface area contributed by atoms with Gasteiger partial charge in [0.15, 0.2) is 5.96 Å². The quantitative estimate of drug-likeness (QED) is 0.433. The van der Waals surface area contributed by atoms with Crippen LogP contribution in [0.2, 0.25) is 0 Å². The second kappa shape index (κ2) is 9.40. The van der Waals surface area contributed by atoms with Crippen molar-refractivity contribution in [2.45, 2.75) is 32.6 Å². The molecular weight excluding hydrogens is 427 g/mol. The van der Waals surface area contributed by atoms with Crippen LogP contribution in [0.1, 0.15) is 31.7 Å². The van der Waals surface area contributed by atoms with Crippen molar-refractivity contribution in [3.8, 4) is 0 Å². The molecule has 1 fully saturated rings. The number of piperidine rings is 1. The Bertz CT molecular complexity index is 619. The van der Waals surface area contributed by atoms with Gasteiger partial charge in [0.05, 0.1) is 0 Å². The average Bonchev–Trinajstić information content (AvgIpc) is 3.02. The SMILES string of the molecule is CN=C(NCCC(=O)N1CCCC(C)C1)N1CCc2ccccc21.I. The predicted molar refractivity (Wildman–Crippen MR) is 114 cm³/mol. The molecule has 1 unspecified atom stereocenters. The number of carbonyl (C=O) groups is 1. The summed E-state index contributed by atoms with van der Waals surface area (Å²) in [6.07, 6.45) is 3.94. The van der Waals surface area contributed by atoms with Crippen LogP contribution in [-0.4, -0.2) is 50.0 Å². The summed E-state index contributed by atoms with van der Waals surface area (Å²) in [5.41, 5.74) is 2.58. The van der Waals surface area contributed by atoms with Crippen molar-refractivity contribution in [1.82, 2.24) is 10.2 Å². The Morgan fingerprint density at radius 3 is 2.88 bits per heavy atom. The number of hydrogen-bond acceptors (Lipinski definition) is 2. The lowest BCUT2D eigenvalue weighted by molar-refractivity contribution is -0.132. The number of carbonyl (C=O) groups excluding carboxylic acids is 1. The van der Waals surface area contributed by atoms with Crippen LogP contribution in [0.3, 0.4) is 0 Å². The van der Waals surface area contributed by atoms with Crippen LogP contribution in [0, 0.1) is 5.92 Å². The number of fused-ring (bicyclic) bond motifs is 1. The minimum Gasteiger partial charge on any atom is -0.355 e. The minimum absolute atomic E-state index is 0. The Kier molecular flexibility index (Phi) is 7.53. The zero-order valence-electron chi connectivity index (χ0n) is 15.2. The van der Waals surface area contributed by atoms with E-state index >= 15 is 0 Å². The number of guanidine groups is 1. The number of rotatable bonds is 3. The maximum atomic E-state index is 12.4. The van der Waals surface area contributed by atoms with Gasteiger partial charge in [0.1, 0.15) is 0 Å². The van der Waals surface area contributed by atoms with E-state index in [1.54, 1.807) is 7.05 Å². The van der Waals surface area contributed by atoms with Gasteiger partial charge in [-0.15, -0.1) is 24.0 Å². The van der Waals surface area contributed by atoms with Crippen molar-refractivity contribution in [2.24, 2.45) is 10.9 Å². The summed E-state index contributed by atoms with van der Waals surface area (Å²) in [4.78, 5) is 21.0. The fourth-order valence-electron chi connectivity index (χ4n) is 3.71. The van der Waals surface area contributed by atoms with Gasteiger partial charge in [0, 0.05) is 45.3 Å². The topological polar surface area (TPSA) is 47.9 Å². The maximum Gasteiger partial charge on any atom is 0.224 e. The highest BCUT2D eigenvalue weighted by atomic mass is 127. The molecule has 2 aliphatic heterocycles. The van der Waals surface area contributed by atoms with E-state index in [2.05, 4.69) is 46.4 Å². The highest BCUT2D eigenvalue weighted by Gasteiger charge is 2.23. The molecule has 0 saturated carbocycles. The minimum atomic E-state index is 0. The number of nitrogens with one attached hydrogen (secondary N) is 1. The zero-order chi connectivity index (χ0) is 16.9. The maximum absolute atomic E-state index is 12.4. The van der Waals surface area contributed by atoms with E-state index < -0.39 is 0 Å². The molecule has 1 atom stereocenters. The van der Waals surface area contributed by atoms with Crippen LogP contribution in [-0.2, 0) is 11.2 Å². The van der Waals surface area contributed by atoms with E-state index in [0.29, 0.717) is 18.9 Å². The summed E-state index contributed by atoms with van der Waals surface area (Å²) < 4.78 is 0. The van der Waals surface area contributed by atoms with E-state index in [4.69, 9.17) is 0 Å². The molecule has 0 spiro atoms. The molecule has 0 radical (unpaired) electrons. The summed E-state index contributed by atoms with van der Waals surface area (Å²) in [7, 11) is 1.80. The van der Waals surface area contributed by atoms with Crippen molar-refractivity contribution in [3.05, 3.63) is 29.8 Å². The first-order chi connectivity index (χ1) is 11.7. The van der Waals surface area contributed by atoms with E-state index in [-0.39, 0.29) is 29.9 Å². The predicted octanol–water partition coefficient (Wildman–Crippen LogP) is 2.89. The number of anilines is 1. The third-order valence-corrected chi connectivity index (χ3v) is 4.99. The molecule has 0 aromatic heterocycles. The van der Waals surface area contributed by atoms with E-state index in [0.717, 1.165) is 38.4 Å². The Labute approximate surface area is 167 Å². The van der Waals surface area contributed by atoms with Crippen LogP contribution < -0.4 is 10.2 Å². The number of likely N-dealkylation sites (tertiary alicyclic amines) is 1. The van der Waals surface area contributed by atoms with E-state index in [1.165, 1.54) is 17.7 Å². The van der Waals surface area contributed by atoms with Gasteiger partial charge in [-0.1, -0.05) is 25.1 Å². The van der Waals surface area contributed by atoms with Gasteiger partial charge in [0.2, 0.25) is 5.91 Å². The summed E-state index contributed by atoms with van der Waals surface area (Å²) in [5, 5.41) is 3.36. The van der Waals surface area contributed by atoms with Crippen molar-refractivity contribution in [1.29, 1.82) is 0 Å². The standard InChI is InChI=1S/C19H28N4O.HI/c1-15-6-5-12-22(14-15)18(24)9-11-21-19(20-2)23-13-10-16-7-3-4-8-17(16)23;/h3-4,7-8,15H,5-6,9-14H2,1-2H3,(H,20,21);1H. The van der Waals surface area contributed by atoms with Gasteiger partial charge in [-0.05, 0) is 36.8 Å². The number of hydrogen-bond donors (Lipinski definition) is 1. The molecule has 1 N–H and O–H groups in total. The smallest absolute Gasteiger partial charge is 0.224 e. The number of nitrogens with zero attached hydrogens (tertiary/aromatic N) is 3. The fraction of sp³-hybridized carbons (Fsp3) is 0.579. The first-order valence-electron chi connectivity index (χ1n) is 9.03. The van der Waals surface area contributed by atoms with Gasteiger partial charge in [-0.2, -0.15) is 0 Å². The molecular formula is C19H29IN4O. The molecule has 1 aromatic carbocycles. The summed E-state index contributed by atoms with van der Waals surface area (Å²) >= 11 is 0. The van der Waals surface area contributed by atoms with Crippen LogP contribution in [0.4, 0.5) is 5.69 Å². The molecule has 3 rings (SSSR count). The van der Waals surface area contributed by atoms with Crippen molar-refractivity contribution >= 4 is 41.5 Å². The van der Waals surface area contributed by atoms with Crippen molar-refractivity contribution in [2.75, 3.05) is 38.1 Å². The summed E-state index contributed by atoms with van der Waals surface area (Å²) in [6, 6.07) is 8.45. The molecule has 1 aromatic rings. The Balaban J connectivity index is 0.00000225. The third kappa shape index (κ3) is 4.86.